The molecule has 0 spiro atoms. The number of rotatable bonds is 8. The van der Waals surface area contributed by atoms with Gasteiger partial charge in [0, 0.05) is 26.2 Å². The smallest absolute Gasteiger partial charge is 0.279 e. The van der Waals surface area contributed by atoms with Crippen molar-refractivity contribution in [2.45, 2.75) is 32.7 Å². The van der Waals surface area contributed by atoms with Gasteiger partial charge in [-0.25, -0.2) is 0 Å². The number of likely N-dealkylation sites (tertiary alicyclic amines) is 1. The summed E-state index contributed by atoms with van der Waals surface area (Å²) in [6.45, 7) is 8.35. The van der Waals surface area contributed by atoms with E-state index in [4.69, 9.17) is 0 Å². The molecule has 20 heavy (non-hydrogen) atoms. The van der Waals surface area contributed by atoms with E-state index in [1.165, 1.54) is 4.31 Å². The molecule has 0 aromatic heterocycles. The average Bonchev–Trinajstić information content (AvgIpc) is 2.37. The van der Waals surface area contributed by atoms with E-state index in [-0.39, 0.29) is 6.04 Å². The van der Waals surface area contributed by atoms with Crippen LogP contribution in [0.5, 0.6) is 0 Å². The molecule has 0 aliphatic carbocycles. The molecule has 0 saturated carbocycles. The van der Waals surface area contributed by atoms with Gasteiger partial charge in [-0.15, -0.1) is 0 Å². The molecule has 0 aromatic carbocycles. The summed E-state index contributed by atoms with van der Waals surface area (Å²) >= 11 is 0. The first-order chi connectivity index (χ1) is 9.36. The van der Waals surface area contributed by atoms with E-state index < -0.39 is 10.2 Å². The Morgan fingerprint density at radius 3 is 2.70 bits per heavy atom. The SMILES string of the molecule is CCNCCCN(C)S(=O)(=O)NC1CCN(C)CC1C. The number of hydrogen-bond donors (Lipinski definition) is 2. The summed E-state index contributed by atoms with van der Waals surface area (Å²) in [5.41, 5.74) is 0. The summed E-state index contributed by atoms with van der Waals surface area (Å²) in [6.07, 6.45) is 1.70. The minimum atomic E-state index is -3.36. The zero-order valence-corrected chi connectivity index (χ0v) is 14.0. The molecule has 0 bridgehead atoms. The van der Waals surface area contributed by atoms with Gasteiger partial charge in [-0.1, -0.05) is 13.8 Å². The lowest BCUT2D eigenvalue weighted by molar-refractivity contribution is 0.187. The molecule has 1 aliphatic heterocycles. The maximum absolute atomic E-state index is 12.3. The van der Waals surface area contributed by atoms with Crippen molar-refractivity contribution in [3.8, 4) is 0 Å². The molecule has 1 saturated heterocycles. The Hall–Kier alpha value is -0.210. The van der Waals surface area contributed by atoms with Crippen LogP contribution in [0.4, 0.5) is 0 Å². The second kappa shape index (κ2) is 8.29. The Kier molecular flexibility index (Phi) is 7.39. The summed E-state index contributed by atoms with van der Waals surface area (Å²) in [4.78, 5) is 2.25. The first-order valence-corrected chi connectivity index (χ1v) is 8.93. The molecule has 2 N–H and O–H groups in total. The molecule has 7 heteroatoms. The quantitative estimate of drug-likeness (QED) is 0.624. The van der Waals surface area contributed by atoms with Crippen LogP contribution in [0.2, 0.25) is 0 Å². The molecule has 6 nitrogen and oxygen atoms in total. The lowest BCUT2D eigenvalue weighted by Crippen LogP contribution is -2.52. The first-order valence-electron chi connectivity index (χ1n) is 7.49. The van der Waals surface area contributed by atoms with Crippen molar-refractivity contribution in [2.24, 2.45) is 5.92 Å². The molecule has 120 valence electrons. The molecule has 1 fully saturated rings. The van der Waals surface area contributed by atoms with Crippen LogP contribution in [0.3, 0.4) is 0 Å². The Morgan fingerprint density at radius 2 is 2.10 bits per heavy atom. The lowest BCUT2D eigenvalue weighted by Gasteiger charge is -2.35. The van der Waals surface area contributed by atoms with E-state index in [9.17, 15) is 8.42 Å². The van der Waals surface area contributed by atoms with Crippen molar-refractivity contribution in [2.75, 3.05) is 46.8 Å². The lowest BCUT2D eigenvalue weighted by atomic mass is 9.95. The number of hydrogen-bond acceptors (Lipinski definition) is 4. The third kappa shape index (κ3) is 5.65. The van der Waals surface area contributed by atoms with Gasteiger partial charge in [0.1, 0.15) is 0 Å². The maximum atomic E-state index is 12.3. The monoisotopic (exact) mass is 306 g/mol. The highest BCUT2D eigenvalue weighted by Gasteiger charge is 2.29. The minimum Gasteiger partial charge on any atom is -0.317 e. The first kappa shape index (κ1) is 17.8. The molecule has 2 unspecified atom stereocenters. The second-order valence-electron chi connectivity index (χ2n) is 5.79. The zero-order valence-electron chi connectivity index (χ0n) is 13.2. The van der Waals surface area contributed by atoms with E-state index >= 15 is 0 Å². The van der Waals surface area contributed by atoms with Gasteiger partial charge in [0.25, 0.3) is 10.2 Å². The fourth-order valence-corrected chi connectivity index (χ4v) is 3.82. The van der Waals surface area contributed by atoms with Crippen molar-refractivity contribution in [1.82, 2.24) is 19.2 Å². The van der Waals surface area contributed by atoms with Crippen molar-refractivity contribution < 1.29 is 8.42 Å². The van der Waals surface area contributed by atoms with Crippen LogP contribution < -0.4 is 10.0 Å². The predicted octanol–water partition coefficient (Wildman–Crippen LogP) is 0.0924. The number of nitrogens with one attached hydrogen (secondary N) is 2. The highest BCUT2D eigenvalue weighted by Crippen LogP contribution is 2.16. The zero-order chi connectivity index (χ0) is 15.2. The van der Waals surface area contributed by atoms with Crippen molar-refractivity contribution in [3.63, 3.8) is 0 Å². The van der Waals surface area contributed by atoms with Crippen LogP contribution in [0, 0.1) is 5.92 Å². The molecule has 1 heterocycles. The Balaban J connectivity index is 2.43. The van der Waals surface area contributed by atoms with Crippen molar-refractivity contribution in [3.05, 3.63) is 0 Å². The highest BCUT2D eigenvalue weighted by atomic mass is 32.2. The number of piperidine rings is 1. The topological polar surface area (TPSA) is 64.7 Å². The molecule has 0 amide bonds. The van der Waals surface area contributed by atoms with Gasteiger partial charge in [-0.3, -0.25) is 0 Å². The summed E-state index contributed by atoms with van der Waals surface area (Å²) in [6, 6.07) is 0.0485. The Labute approximate surface area is 124 Å². The summed E-state index contributed by atoms with van der Waals surface area (Å²) < 4.78 is 28.8. The average molecular weight is 306 g/mol. The maximum Gasteiger partial charge on any atom is 0.279 e. The van der Waals surface area contributed by atoms with Gasteiger partial charge < -0.3 is 10.2 Å². The minimum absolute atomic E-state index is 0.0485. The fraction of sp³-hybridized carbons (Fsp3) is 1.00. The normalized spacial score (nSPS) is 25.2. The van der Waals surface area contributed by atoms with E-state index in [0.29, 0.717) is 12.5 Å². The van der Waals surface area contributed by atoms with Gasteiger partial charge in [0.2, 0.25) is 0 Å². The standard InChI is InChI=1S/C13H30N4O2S/c1-5-14-8-6-9-17(4)20(18,19)15-13-7-10-16(3)11-12(13)2/h12-15H,5-11H2,1-4H3. The molecule has 0 aromatic rings. The fourth-order valence-electron chi connectivity index (χ4n) is 2.53. The van der Waals surface area contributed by atoms with Crippen LogP contribution in [0.25, 0.3) is 0 Å². The summed E-state index contributed by atoms with van der Waals surface area (Å²) in [5.74, 6) is 0.346. The van der Waals surface area contributed by atoms with Gasteiger partial charge in [-0.2, -0.15) is 17.4 Å². The Bertz CT molecular complexity index is 375. The third-order valence-corrected chi connectivity index (χ3v) is 5.50. The third-order valence-electron chi connectivity index (χ3n) is 3.90. The molecular formula is C13H30N4O2S. The molecule has 1 aliphatic rings. The van der Waals surface area contributed by atoms with Crippen LogP contribution in [0.15, 0.2) is 0 Å². The van der Waals surface area contributed by atoms with Crippen molar-refractivity contribution in [1.29, 1.82) is 0 Å². The van der Waals surface area contributed by atoms with E-state index in [0.717, 1.165) is 39.0 Å². The highest BCUT2D eigenvalue weighted by molar-refractivity contribution is 7.87. The van der Waals surface area contributed by atoms with E-state index in [1.54, 1.807) is 7.05 Å². The molecule has 2 atom stereocenters. The van der Waals surface area contributed by atoms with Gasteiger partial charge >= 0.3 is 0 Å². The van der Waals surface area contributed by atoms with Crippen LogP contribution in [-0.2, 0) is 10.2 Å². The largest absolute Gasteiger partial charge is 0.317 e. The van der Waals surface area contributed by atoms with Crippen LogP contribution in [-0.4, -0.2) is 70.5 Å². The molecular weight excluding hydrogens is 276 g/mol. The van der Waals surface area contributed by atoms with Crippen LogP contribution >= 0.6 is 0 Å². The second-order valence-corrected chi connectivity index (χ2v) is 7.60. The Morgan fingerprint density at radius 1 is 1.40 bits per heavy atom. The van der Waals surface area contributed by atoms with Gasteiger partial charge in [0.05, 0.1) is 0 Å². The van der Waals surface area contributed by atoms with Gasteiger partial charge in [-0.05, 0) is 45.4 Å². The predicted molar refractivity (Wildman–Crippen MR) is 82.9 cm³/mol. The molecule has 0 radical (unpaired) electrons. The van der Waals surface area contributed by atoms with Crippen LogP contribution in [0.1, 0.15) is 26.7 Å². The van der Waals surface area contributed by atoms with Crippen molar-refractivity contribution >= 4 is 10.2 Å². The van der Waals surface area contributed by atoms with E-state index in [1.807, 2.05) is 6.92 Å². The summed E-state index contributed by atoms with van der Waals surface area (Å²) in [7, 11) is 0.364. The molecule has 1 rings (SSSR count). The number of nitrogens with zero attached hydrogens (tertiary/aromatic N) is 2. The van der Waals surface area contributed by atoms with Gasteiger partial charge in [0.15, 0.2) is 0 Å². The van der Waals surface area contributed by atoms with E-state index in [2.05, 4.69) is 28.9 Å². The summed E-state index contributed by atoms with van der Waals surface area (Å²) in [5, 5.41) is 3.20.